The van der Waals surface area contributed by atoms with Gasteiger partial charge in [-0.2, -0.15) is 0 Å². The Morgan fingerprint density at radius 1 is 1.16 bits per heavy atom. The molecule has 2 aliphatic rings. The van der Waals surface area contributed by atoms with Gasteiger partial charge in [-0.3, -0.25) is 9.69 Å². The summed E-state index contributed by atoms with van der Waals surface area (Å²) in [6, 6.07) is 12.4. The quantitative estimate of drug-likeness (QED) is 0.552. The third-order valence-electron chi connectivity index (χ3n) is 5.49. The Morgan fingerprint density at radius 2 is 1.84 bits per heavy atom. The predicted molar refractivity (Wildman–Crippen MR) is 119 cm³/mol. The number of thioether (sulfide) groups is 1. The van der Waals surface area contributed by atoms with E-state index in [0.717, 1.165) is 27.3 Å². The number of esters is 1. The molecule has 2 aromatic rings. The lowest BCUT2D eigenvalue weighted by molar-refractivity contribution is -0.136. The van der Waals surface area contributed by atoms with Crippen LogP contribution in [-0.4, -0.2) is 42.2 Å². The van der Waals surface area contributed by atoms with Crippen molar-refractivity contribution in [3.05, 3.63) is 70.4 Å². The molecule has 1 unspecified atom stereocenters. The number of para-hydroxylation sites is 1. The highest BCUT2D eigenvalue weighted by Gasteiger charge is 2.42. The predicted octanol–water partition coefficient (Wildman–Crippen LogP) is 3.54. The van der Waals surface area contributed by atoms with E-state index in [1.165, 1.54) is 4.90 Å². The third-order valence-corrected chi connectivity index (χ3v) is 6.24. The SMILES string of the molecule is CSc1ccc(C2NC(=O)N(CC(=O)Nc3c(C)cccc3C)C3=C2C(=O)OC3)cc1. The lowest BCUT2D eigenvalue weighted by Crippen LogP contribution is -2.49. The summed E-state index contributed by atoms with van der Waals surface area (Å²) in [7, 11) is 0. The molecule has 4 rings (SSSR count). The van der Waals surface area contributed by atoms with Gasteiger partial charge in [0.05, 0.1) is 17.3 Å². The van der Waals surface area contributed by atoms with Gasteiger partial charge in [0.1, 0.15) is 13.2 Å². The molecule has 0 aromatic heterocycles. The van der Waals surface area contributed by atoms with Gasteiger partial charge in [-0.25, -0.2) is 9.59 Å². The number of nitrogens with one attached hydrogen (secondary N) is 2. The number of carbonyl (C=O) groups excluding carboxylic acids is 3. The first kappa shape index (κ1) is 21.0. The summed E-state index contributed by atoms with van der Waals surface area (Å²) in [6.07, 6.45) is 1.98. The number of cyclic esters (lactones) is 1. The smallest absolute Gasteiger partial charge is 0.338 e. The minimum absolute atomic E-state index is 0.0301. The van der Waals surface area contributed by atoms with Crippen molar-refractivity contribution in [1.29, 1.82) is 0 Å². The van der Waals surface area contributed by atoms with Gasteiger partial charge in [-0.1, -0.05) is 30.3 Å². The molecule has 0 spiro atoms. The fourth-order valence-electron chi connectivity index (χ4n) is 3.86. The summed E-state index contributed by atoms with van der Waals surface area (Å²) in [4.78, 5) is 40.5. The van der Waals surface area contributed by atoms with E-state index < -0.39 is 18.0 Å². The van der Waals surface area contributed by atoms with Gasteiger partial charge in [0.25, 0.3) is 0 Å². The van der Waals surface area contributed by atoms with Crippen LogP contribution in [0.2, 0.25) is 0 Å². The Bertz CT molecular complexity index is 1070. The van der Waals surface area contributed by atoms with Crippen molar-refractivity contribution in [2.45, 2.75) is 24.8 Å². The molecule has 2 N–H and O–H groups in total. The van der Waals surface area contributed by atoms with Crippen LogP contribution >= 0.6 is 11.8 Å². The zero-order valence-corrected chi connectivity index (χ0v) is 18.3. The van der Waals surface area contributed by atoms with Gasteiger partial charge in [0.2, 0.25) is 5.91 Å². The van der Waals surface area contributed by atoms with Gasteiger partial charge in [0, 0.05) is 10.6 Å². The molecule has 0 radical (unpaired) electrons. The van der Waals surface area contributed by atoms with Gasteiger partial charge < -0.3 is 15.4 Å². The first-order chi connectivity index (χ1) is 14.9. The molecule has 2 aromatic carbocycles. The average molecular weight is 438 g/mol. The van der Waals surface area contributed by atoms with Gasteiger partial charge in [-0.05, 0) is 48.9 Å². The Kier molecular flexibility index (Phi) is 5.73. The van der Waals surface area contributed by atoms with E-state index in [1.54, 1.807) is 11.8 Å². The van der Waals surface area contributed by atoms with Crippen molar-refractivity contribution in [3.8, 4) is 0 Å². The van der Waals surface area contributed by atoms with Crippen LogP contribution < -0.4 is 10.6 Å². The summed E-state index contributed by atoms with van der Waals surface area (Å²) in [5.74, 6) is -0.823. The van der Waals surface area contributed by atoms with Crippen molar-refractivity contribution in [2.24, 2.45) is 0 Å². The second-order valence-corrected chi connectivity index (χ2v) is 8.37. The number of hydrogen-bond acceptors (Lipinski definition) is 5. The highest BCUT2D eigenvalue weighted by Crippen LogP contribution is 2.35. The molecule has 0 saturated heterocycles. The van der Waals surface area contributed by atoms with Crippen molar-refractivity contribution >= 4 is 35.4 Å². The van der Waals surface area contributed by atoms with Gasteiger partial charge in [0.15, 0.2) is 0 Å². The van der Waals surface area contributed by atoms with E-state index in [-0.39, 0.29) is 19.1 Å². The molecular weight excluding hydrogens is 414 g/mol. The zero-order valence-electron chi connectivity index (χ0n) is 17.5. The van der Waals surface area contributed by atoms with Crippen LogP contribution in [0.25, 0.3) is 0 Å². The molecule has 1 atom stereocenters. The first-order valence-corrected chi connectivity index (χ1v) is 11.1. The highest BCUT2D eigenvalue weighted by atomic mass is 32.2. The number of rotatable bonds is 5. The van der Waals surface area contributed by atoms with Crippen molar-refractivity contribution < 1.29 is 19.1 Å². The number of amides is 3. The third kappa shape index (κ3) is 4.03. The van der Waals surface area contributed by atoms with Crippen LogP contribution in [0.4, 0.5) is 10.5 Å². The van der Waals surface area contributed by atoms with E-state index in [0.29, 0.717) is 11.3 Å². The maximum absolute atomic E-state index is 12.9. The number of urea groups is 1. The lowest BCUT2D eigenvalue weighted by atomic mass is 9.96. The van der Waals surface area contributed by atoms with Crippen LogP contribution in [0.1, 0.15) is 22.7 Å². The normalized spacial score (nSPS) is 17.9. The van der Waals surface area contributed by atoms with Crippen molar-refractivity contribution in [1.82, 2.24) is 10.2 Å². The summed E-state index contributed by atoms with van der Waals surface area (Å²) in [5.41, 5.74) is 4.19. The zero-order chi connectivity index (χ0) is 22.1. The van der Waals surface area contributed by atoms with Crippen molar-refractivity contribution in [2.75, 3.05) is 24.7 Å². The first-order valence-electron chi connectivity index (χ1n) is 9.87. The Morgan fingerprint density at radius 3 is 2.48 bits per heavy atom. The Labute approximate surface area is 184 Å². The topological polar surface area (TPSA) is 87.7 Å². The largest absolute Gasteiger partial charge is 0.456 e. The second kappa shape index (κ2) is 8.47. The monoisotopic (exact) mass is 437 g/mol. The number of benzene rings is 2. The standard InChI is InChI=1S/C23H23N3O4S/c1-13-5-4-6-14(2)20(13)24-18(27)11-26-17-12-30-22(28)19(17)21(25-23(26)29)15-7-9-16(31-3)10-8-15/h4-10,21H,11-12H2,1-3H3,(H,24,27)(H,25,29). The maximum atomic E-state index is 12.9. The summed E-state index contributed by atoms with van der Waals surface area (Å²) in [5, 5.41) is 5.74. The molecule has 3 amide bonds. The summed E-state index contributed by atoms with van der Waals surface area (Å²) >= 11 is 1.61. The minimum Gasteiger partial charge on any atom is -0.456 e. The number of aryl methyl sites for hydroxylation is 2. The van der Waals surface area contributed by atoms with E-state index in [4.69, 9.17) is 4.74 Å². The average Bonchev–Trinajstić information content (AvgIpc) is 3.14. The fraction of sp³-hybridized carbons (Fsp3) is 0.261. The maximum Gasteiger partial charge on any atom is 0.338 e. The molecule has 7 nitrogen and oxygen atoms in total. The van der Waals surface area contributed by atoms with Gasteiger partial charge in [-0.15, -0.1) is 11.8 Å². The molecule has 8 heteroatoms. The van der Waals surface area contributed by atoms with Gasteiger partial charge >= 0.3 is 12.0 Å². The molecule has 160 valence electrons. The van der Waals surface area contributed by atoms with E-state index in [1.807, 2.05) is 62.6 Å². The molecule has 0 saturated carbocycles. The number of anilines is 1. The number of carbonyl (C=O) groups is 3. The number of nitrogens with zero attached hydrogens (tertiary/aromatic N) is 1. The second-order valence-electron chi connectivity index (χ2n) is 7.49. The number of hydrogen-bond donors (Lipinski definition) is 2. The molecule has 2 heterocycles. The van der Waals surface area contributed by atoms with Crippen LogP contribution in [-0.2, 0) is 14.3 Å². The lowest BCUT2D eigenvalue weighted by Gasteiger charge is -2.32. The molecule has 0 bridgehead atoms. The van der Waals surface area contributed by atoms with E-state index >= 15 is 0 Å². The Hall–Kier alpha value is -3.26. The highest BCUT2D eigenvalue weighted by molar-refractivity contribution is 7.98. The van der Waals surface area contributed by atoms with E-state index in [2.05, 4.69) is 10.6 Å². The molecule has 0 fully saturated rings. The Balaban J connectivity index is 1.60. The van der Waals surface area contributed by atoms with Crippen LogP contribution in [0, 0.1) is 13.8 Å². The molecule has 31 heavy (non-hydrogen) atoms. The summed E-state index contributed by atoms with van der Waals surface area (Å²) in [6.45, 7) is 3.57. The number of ether oxygens (including phenoxy) is 1. The molecule has 2 aliphatic heterocycles. The van der Waals surface area contributed by atoms with Crippen LogP contribution in [0.3, 0.4) is 0 Å². The fourth-order valence-corrected chi connectivity index (χ4v) is 4.27. The minimum atomic E-state index is -0.605. The van der Waals surface area contributed by atoms with Crippen molar-refractivity contribution in [3.63, 3.8) is 0 Å². The molecule has 0 aliphatic carbocycles. The molecular formula is C23H23N3O4S. The van der Waals surface area contributed by atoms with Crippen LogP contribution in [0.5, 0.6) is 0 Å². The van der Waals surface area contributed by atoms with Crippen LogP contribution in [0.15, 0.2) is 58.6 Å². The van der Waals surface area contributed by atoms with E-state index in [9.17, 15) is 14.4 Å². The summed E-state index contributed by atoms with van der Waals surface area (Å²) < 4.78 is 5.23.